The van der Waals surface area contributed by atoms with E-state index < -0.39 is 23.9 Å². The van der Waals surface area contributed by atoms with Gasteiger partial charge < -0.3 is 15.3 Å². The summed E-state index contributed by atoms with van der Waals surface area (Å²) >= 11 is 0. The topological polar surface area (TPSA) is 101 Å². The van der Waals surface area contributed by atoms with Crippen molar-refractivity contribution in [2.45, 2.75) is 70.6 Å². The Labute approximate surface area is 306 Å². The van der Waals surface area contributed by atoms with Crippen molar-refractivity contribution in [3.05, 3.63) is 125 Å². The number of phenols is 1. The highest BCUT2D eigenvalue weighted by molar-refractivity contribution is 6.06. The van der Waals surface area contributed by atoms with Crippen molar-refractivity contribution in [1.29, 1.82) is 0 Å². The largest absolute Gasteiger partial charge is 0.507 e. The van der Waals surface area contributed by atoms with Crippen molar-refractivity contribution in [2.75, 3.05) is 19.7 Å². The fourth-order valence-electron chi connectivity index (χ4n) is 9.08. The first-order valence-electron chi connectivity index (χ1n) is 19.0. The van der Waals surface area contributed by atoms with E-state index in [1.165, 1.54) is 5.56 Å². The molecule has 2 saturated heterocycles. The van der Waals surface area contributed by atoms with Crippen LogP contribution in [0.3, 0.4) is 0 Å². The highest BCUT2D eigenvalue weighted by atomic mass is 16.3. The third kappa shape index (κ3) is 7.23. The first-order chi connectivity index (χ1) is 25.4. The first kappa shape index (κ1) is 35.8. The summed E-state index contributed by atoms with van der Waals surface area (Å²) in [5.41, 5.74) is 6.09. The molecule has 52 heavy (non-hydrogen) atoms. The second kappa shape index (κ2) is 16.0. The summed E-state index contributed by atoms with van der Waals surface area (Å²) < 4.78 is 0. The predicted octanol–water partition coefficient (Wildman–Crippen LogP) is 7.60. The quantitative estimate of drug-likeness (QED) is 0.0801. The molecule has 3 aliphatic rings. The van der Waals surface area contributed by atoms with Crippen molar-refractivity contribution in [2.24, 2.45) is 17.8 Å². The fourth-order valence-corrected chi connectivity index (χ4v) is 9.08. The lowest BCUT2D eigenvalue weighted by molar-refractivity contribution is -0.144. The van der Waals surface area contributed by atoms with Gasteiger partial charge in [-0.1, -0.05) is 116 Å². The molecule has 4 atom stereocenters. The summed E-state index contributed by atoms with van der Waals surface area (Å²) in [4.78, 5) is 32.3. The number of carbonyl (C=O) groups excluding carboxylic acids is 2. The smallest absolute Gasteiger partial charge is 0.234 e. The summed E-state index contributed by atoms with van der Waals surface area (Å²) in [7, 11) is 0. The minimum atomic E-state index is -0.874. The maximum Gasteiger partial charge on any atom is 0.234 e. The van der Waals surface area contributed by atoms with Crippen LogP contribution < -0.4 is 0 Å². The third-order valence-corrected chi connectivity index (χ3v) is 11.6. The van der Waals surface area contributed by atoms with Crippen molar-refractivity contribution in [3.8, 4) is 5.75 Å². The molecule has 2 amide bonds. The lowest BCUT2D eigenvalue weighted by atomic mass is 9.67. The van der Waals surface area contributed by atoms with Crippen LogP contribution >= 0.6 is 0 Å². The van der Waals surface area contributed by atoms with E-state index in [9.17, 15) is 24.9 Å². The average Bonchev–Trinajstić information content (AvgIpc) is 3.43. The van der Waals surface area contributed by atoms with E-state index in [1.54, 1.807) is 11.0 Å². The van der Waals surface area contributed by atoms with Crippen LogP contribution in [-0.2, 0) is 16.1 Å². The van der Waals surface area contributed by atoms with Crippen molar-refractivity contribution in [1.82, 2.24) is 9.80 Å². The third-order valence-electron chi connectivity index (χ3n) is 11.6. The van der Waals surface area contributed by atoms with E-state index in [2.05, 4.69) is 42.2 Å². The molecule has 1 aliphatic carbocycles. The minimum absolute atomic E-state index is 0.104. The van der Waals surface area contributed by atoms with Crippen LogP contribution in [-0.4, -0.2) is 68.8 Å². The molecule has 2 aliphatic heterocycles. The number of aromatic hydroxyl groups is 1. The highest BCUT2D eigenvalue weighted by Gasteiger charge is 2.56. The number of nitrogens with zero attached hydrogens (tertiary/aromatic N) is 2. The minimum Gasteiger partial charge on any atom is -0.507 e. The Hall–Kier alpha value is -4.56. The molecule has 7 nitrogen and oxygen atoms in total. The fraction of sp³-hybridized carbons (Fsp3) is 0.378. The molecule has 2 fully saturated rings. The Morgan fingerprint density at radius 1 is 0.865 bits per heavy atom. The molecule has 270 valence electrons. The monoisotopic (exact) mass is 698 g/mol. The van der Waals surface area contributed by atoms with E-state index in [0.717, 1.165) is 77.5 Å². The summed E-state index contributed by atoms with van der Waals surface area (Å²) in [6.45, 7) is 4.29. The van der Waals surface area contributed by atoms with Gasteiger partial charge in [0.05, 0.1) is 24.5 Å². The van der Waals surface area contributed by atoms with Crippen molar-refractivity contribution in [3.63, 3.8) is 0 Å². The Morgan fingerprint density at radius 2 is 1.54 bits per heavy atom. The zero-order valence-electron chi connectivity index (χ0n) is 30.0. The molecule has 0 radical (unpaired) electrons. The SMILES string of the molecule is CCCC1=C([C@H](O)CC/C(=C/c2ccc(O)c3ccccc23)c2ccccc2)[C@H](CO)[C@@H]2C(=O)N(C3CCN(Cc4ccccc4)CC3)C(=O)[C@@H]2C1. The van der Waals surface area contributed by atoms with Gasteiger partial charge in [-0.25, -0.2) is 0 Å². The molecule has 7 heteroatoms. The van der Waals surface area contributed by atoms with Crippen LogP contribution in [0.15, 0.2) is 108 Å². The van der Waals surface area contributed by atoms with E-state index in [1.807, 2.05) is 66.7 Å². The maximum absolute atomic E-state index is 14.3. The number of carbonyl (C=O) groups is 2. The number of allylic oxidation sites excluding steroid dienone is 2. The number of amides is 2. The number of piperidine rings is 1. The molecule has 3 N–H and O–H groups in total. The molecule has 7 rings (SSSR count). The van der Waals surface area contributed by atoms with Gasteiger partial charge in [0.1, 0.15) is 5.75 Å². The van der Waals surface area contributed by atoms with Crippen LogP contribution in [0.4, 0.5) is 0 Å². The molecular weight excluding hydrogens is 649 g/mol. The number of imide groups is 1. The molecule has 0 bridgehead atoms. The summed E-state index contributed by atoms with van der Waals surface area (Å²) in [6.07, 6.45) is 5.70. The highest BCUT2D eigenvalue weighted by Crippen LogP contribution is 2.48. The van der Waals surface area contributed by atoms with Gasteiger partial charge in [0.25, 0.3) is 0 Å². The molecule has 4 aromatic rings. The van der Waals surface area contributed by atoms with Gasteiger partial charge in [-0.15, -0.1) is 0 Å². The zero-order chi connectivity index (χ0) is 36.2. The average molecular weight is 699 g/mol. The molecular formula is C45H50N2O5. The molecule has 0 unspecified atom stereocenters. The second-order valence-corrected chi connectivity index (χ2v) is 14.8. The van der Waals surface area contributed by atoms with Gasteiger partial charge in [0.15, 0.2) is 0 Å². The van der Waals surface area contributed by atoms with E-state index in [-0.39, 0.29) is 30.2 Å². The number of likely N-dealkylation sites (tertiary alicyclic amines) is 2. The Bertz CT molecular complexity index is 1950. The Kier molecular flexibility index (Phi) is 11.0. The van der Waals surface area contributed by atoms with Crippen molar-refractivity contribution >= 4 is 34.2 Å². The molecule has 0 aromatic heterocycles. The van der Waals surface area contributed by atoms with E-state index in [0.29, 0.717) is 25.7 Å². The van der Waals surface area contributed by atoms with Crippen molar-refractivity contribution < 1.29 is 24.9 Å². The molecule has 2 heterocycles. The van der Waals surface area contributed by atoms with Gasteiger partial charge in [0.2, 0.25) is 11.8 Å². The van der Waals surface area contributed by atoms with Gasteiger partial charge in [-0.2, -0.15) is 0 Å². The summed E-state index contributed by atoms with van der Waals surface area (Å²) in [6, 6.07) is 31.8. The predicted molar refractivity (Wildman–Crippen MR) is 206 cm³/mol. The normalized spacial score (nSPS) is 22.3. The number of benzene rings is 4. The molecule has 0 spiro atoms. The van der Waals surface area contributed by atoms with E-state index in [4.69, 9.17) is 0 Å². The van der Waals surface area contributed by atoms with Crippen LogP contribution in [0, 0.1) is 17.8 Å². The second-order valence-electron chi connectivity index (χ2n) is 14.8. The number of aliphatic hydroxyl groups excluding tert-OH is 2. The summed E-state index contributed by atoms with van der Waals surface area (Å²) in [5, 5.41) is 35.2. The van der Waals surface area contributed by atoms with Crippen LogP contribution in [0.25, 0.3) is 22.4 Å². The standard InChI is InChI=1S/C45H50N2O5/c1-2-11-34-27-38-43(45(52)47(44(38)51)35-22-24-46(25-23-35)28-30-12-5-3-6-13-30)39(29-48)42(34)41(50)21-18-32(31-14-7-4-8-15-31)26-33-19-20-40(49)37-17-10-9-16-36(33)37/h3-10,12-17,19-20,26,35,38-39,41,43,48-50H,2,11,18,21-25,27-29H2,1H3/b32-26-/t38-,39+,41-,43-/m1/s1. The number of fused-ring (bicyclic) bond motifs is 2. The van der Waals surface area contributed by atoms with Crippen LogP contribution in [0.1, 0.15) is 68.6 Å². The summed E-state index contributed by atoms with van der Waals surface area (Å²) in [5.74, 6) is -1.80. The Balaban J connectivity index is 1.11. The van der Waals surface area contributed by atoms with Gasteiger partial charge in [0, 0.05) is 37.0 Å². The lowest BCUT2D eigenvalue weighted by Crippen LogP contribution is -2.47. The van der Waals surface area contributed by atoms with E-state index >= 15 is 0 Å². The first-order valence-corrected chi connectivity index (χ1v) is 19.0. The van der Waals surface area contributed by atoms with Gasteiger partial charge in [-0.05, 0) is 77.8 Å². The molecule has 0 saturated carbocycles. The van der Waals surface area contributed by atoms with Crippen LogP contribution in [0.5, 0.6) is 5.75 Å². The maximum atomic E-state index is 14.3. The van der Waals surface area contributed by atoms with Gasteiger partial charge in [-0.3, -0.25) is 19.4 Å². The number of rotatable bonds is 12. The lowest BCUT2D eigenvalue weighted by Gasteiger charge is -2.37. The number of hydrogen-bond donors (Lipinski definition) is 3. The zero-order valence-corrected chi connectivity index (χ0v) is 30.0. The number of aliphatic hydroxyl groups is 2. The van der Waals surface area contributed by atoms with Gasteiger partial charge >= 0.3 is 0 Å². The number of hydrogen-bond acceptors (Lipinski definition) is 6. The Morgan fingerprint density at radius 3 is 2.23 bits per heavy atom. The van der Waals surface area contributed by atoms with Crippen LogP contribution in [0.2, 0.25) is 0 Å². The molecule has 4 aromatic carbocycles. The number of phenolic OH excluding ortho intramolecular Hbond substituents is 1.